The molecule has 0 fully saturated rings. The van der Waals surface area contributed by atoms with Crippen LogP contribution in [0.3, 0.4) is 0 Å². The molecule has 0 aliphatic carbocycles. The second kappa shape index (κ2) is 3.31. The average molecular weight is 375 g/mol. The molecule has 0 aliphatic heterocycles. The average Bonchev–Trinajstić information content (AvgIpc) is 1.62. The summed E-state index contributed by atoms with van der Waals surface area (Å²) >= 11 is -1.29. The molecule has 0 aromatic heterocycles. The van der Waals surface area contributed by atoms with Crippen molar-refractivity contribution in [2.75, 3.05) is 0 Å². The topological polar surface area (TPSA) is 34.1 Å². The fraction of sp³-hybridized carbons (Fsp3) is 1.00. The number of hydrogen-bond acceptors (Lipinski definition) is 2. The van der Waals surface area contributed by atoms with Crippen molar-refractivity contribution in [1.82, 2.24) is 0 Å². The van der Waals surface area contributed by atoms with Gasteiger partial charge in [0, 0.05) is 0 Å². The van der Waals surface area contributed by atoms with Gasteiger partial charge >= 0.3 is 70.8 Å². The number of hydrogen-bond donors (Lipinski definition) is 0. The molecule has 2 nitrogen and oxygen atoms in total. The summed E-state index contributed by atoms with van der Waals surface area (Å²) in [5.74, 6) is 0. The number of rotatable bonds is 1. The SMILES string of the molecule is O=S(=O)(I(Cl)Br)C(F)(F)F. The third-order valence-corrected chi connectivity index (χ3v) is 15.0. The Hall–Kier alpha value is 1.24. The molecule has 0 radical (unpaired) electrons. The second-order valence-electron chi connectivity index (χ2n) is 1.05. The van der Waals surface area contributed by atoms with E-state index in [0.717, 1.165) is 0 Å². The van der Waals surface area contributed by atoms with Crippen molar-refractivity contribution >= 4 is 43.7 Å². The summed E-state index contributed by atoms with van der Waals surface area (Å²) in [6, 6.07) is 0. The normalized spacial score (nSPS) is 15.1. The molecule has 0 aliphatic rings. The molecule has 0 atom stereocenters. The van der Waals surface area contributed by atoms with Gasteiger partial charge in [-0.3, -0.25) is 0 Å². The van der Waals surface area contributed by atoms with Crippen LogP contribution in [0.15, 0.2) is 0 Å². The Morgan fingerprint density at radius 2 is 1.70 bits per heavy atom. The van der Waals surface area contributed by atoms with Gasteiger partial charge in [0.2, 0.25) is 0 Å². The summed E-state index contributed by atoms with van der Waals surface area (Å²) in [5.41, 5.74) is -5.22. The number of halogens is 6. The van der Waals surface area contributed by atoms with Crippen molar-refractivity contribution in [2.45, 2.75) is 5.51 Å². The Morgan fingerprint density at radius 1 is 1.40 bits per heavy atom. The summed E-state index contributed by atoms with van der Waals surface area (Å²) in [7, 11) is -0.256. The zero-order valence-electron chi connectivity index (χ0n) is 3.99. The van der Waals surface area contributed by atoms with Crippen LogP contribution in [-0.2, 0) is 7.01 Å². The zero-order chi connectivity index (χ0) is 8.58. The van der Waals surface area contributed by atoms with Crippen molar-refractivity contribution in [2.24, 2.45) is 0 Å². The van der Waals surface area contributed by atoms with Crippen LogP contribution in [0.4, 0.5) is 13.2 Å². The summed E-state index contributed by atoms with van der Waals surface area (Å²) < 4.78 is 54.5. The van der Waals surface area contributed by atoms with Gasteiger partial charge in [0.1, 0.15) is 0 Å². The van der Waals surface area contributed by atoms with Crippen LogP contribution in [0.1, 0.15) is 0 Å². The third kappa shape index (κ3) is 2.38. The van der Waals surface area contributed by atoms with E-state index in [1.807, 2.05) is 0 Å². The van der Waals surface area contributed by atoms with Gasteiger partial charge in [0.25, 0.3) is 0 Å². The van der Waals surface area contributed by atoms with Crippen LogP contribution in [0.2, 0.25) is 0 Å². The van der Waals surface area contributed by atoms with Crippen molar-refractivity contribution in [3.63, 3.8) is 0 Å². The van der Waals surface area contributed by atoms with E-state index in [9.17, 15) is 21.6 Å². The molecule has 0 spiro atoms. The molecule has 0 bridgehead atoms. The first-order valence-corrected chi connectivity index (χ1v) is 13.1. The van der Waals surface area contributed by atoms with Gasteiger partial charge in [-0.15, -0.1) is 0 Å². The molecule has 0 aromatic rings. The molecular weight excluding hydrogens is 375 g/mol. The summed E-state index contributed by atoms with van der Waals surface area (Å²) in [4.78, 5) is 0. The minimum atomic E-state index is -5.22. The van der Waals surface area contributed by atoms with Gasteiger partial charge in [0.15, 0.2) is 0 Å². The van der Waals surface area contributed by atoms with E-state index < -0.39 is 27.6 Å². The Balaban J connectivity index is 4.79. The summed E-state index contributed by atoms with van der Waals surface area (Å²) in [6.45, 7) is 0. The summed E-state index contributed by atoms with van der Waals surface area (Å²) in [6.07, 6.45) is 0. The van der Waals surface area contributed by atoms with E-state index in [4.69, 9.17) is 8.91 Å². The van der Waals surface area contributed by atoms with E-state index in [1.54, 1.807) is 0 Å². The predicted molar refractivity (Wildman–Crippen MR) is 43.8 cm³/mol. The summed E-state index contributed by atoms with van der Waals surface area (Å²) in [5, 5.41) is 0. The van der Waals surface area contributed by atoms with Crippen LogP contribution in [0.5, 0.6) is 0 Å². The van der Waals surface area contributed by atoms with Crippen LogP contribution in [0, 0.1) is 0 Å². The van der Waals surface area contributed by atoms with Gasteiger partial charge in [-0.1, -0.05) is 0 Å². The molecule has 9 heteroatoms. The molecule has 0 N–H and O–H groups in total. The maximum atomic E-state index is 11.4. The van der Waals surface area contributed by atoms with Crippen LogP contribution < -0.4 is 0 Å². The molecule has 10 heavy (non-hydrogen) atoms. The molecule has 64 valence electrons. The minimum absolute atomic E-state index is 2.25. The zero-order valence-corrected chi connectivity index (χ0v) is 9.31. The second-order valence-corrected chi connectivity index (χ2v) is 21.0. The van der Waals surface area contributed by atoms with Crippen LogP contribution >= 0.6 is 36.7 Å². The van der Waals surface area contributed by atoms with Crippen LogP contribution in [0.25, 0.3) is 0 Å². The first-order chi connectivity index (χ1) is 4.19. The van der Waals surface area contributed by atoms with Crippen molar-refractivity contribution in [3.8, 4) is 0 Å². The van der Waals surface area contributed by atoms with E-state index in [2.05, 4.69) is 12.7 Å². The Bertz CT molecular complexity index is 209. The Morgan fingerprint density at radius 3 is 1.70 bits per heavy atom. The molecule has 0 amide bonds. The molecule has 0 aromatic carbocycles. The van der Waals surface area contributed by atoms with E-state index >= 15 is 0 Å². The van der Waals surface area contributed by atoms with Crippen molar-refractivity contribution < 1.29 is 21.6 Å². The predicted octanol–water partition coefficient (Wildman–Crippen LogP) is 2.81. The van der Waals surface area contributed by atoms with Gasteiger partial charge in [-0.2, -0.15) is 0 Å². The van der Waals surface area contributed by atoms with Gasteiger partial charge in [0.05, 0.1) is 0 Å². The molecule has 0 heterocycles. The van der Waals surface area contributed by atoms with Gasteiger partial charge in [-0.05, 0) is 0 Å². The van der Waals surface area contributed by atoms with E-state index in [-0.39, 0.29) is 0 Å². The fourth-order valence-corrected chi connectivity index (χ4v) is 5.45. The standard InChI is InChI=1S/CBrClF3IO2S/c2-7(3)10(8,9)1(4,5)6. The molecule has 0 saturated heterocycles. The monoisotopic (exact) mass is 374 g/mol. The van der Waals surface area contributed by atoms with Gasteiger partial charge < -0.3 is 0 Å². The fourth-order valence-electron chi connectivity index (χ4n) is 0.0661. The quantitative estimate of drug-likeness (QED) is 0.522. The van der Waals surface area contributed by atoms with E-state index in [1.165, 1.54) is 0 Å². The first kappa shape index (κ1) is 11.2. The Kier molecular flexibility index (Phi) is 3.73. The Labute approximate surface area is 70.3 Å². The molecular formula is CBrClF3IO2S. The van der Waals surface area contributed by atoms with Crippen molar-refractivity contribution in [1.29, 1.82) is 0 Å². The third-order valence-electron chi connectivity index (χ3n) is 0.430. The number of alkyl halides is 3. The first-order valence-electron chi connectivity index (χ1n) is 1.54. The van der Waals surface area contributed by atoms with Crippen molar-refractivity contribution in [3.05, 3.63) is 0 Å². The van der Waals surface area contributed by atoms with E-state index in [0.29, 0.717) is 0 Å². The molecule has 0 rings (SSSR count). The van der Waals surface area contributed by atoms with Gasteiger partial charge in [-0.25, -0.2) is 0 Å². The maximum absolute atomic E-state index is 11.4. The van der Waals surface area contributed by atoms with Crippen LogP contribution in [-0.4, -0.2) is 13.9 Å². The molecule has 0 unspecified atom stereocenters. The molecule has 0 saturated carbocycles.